The summed E-state index contributed by atoms with van der Waals surface area (Å²) in [5.41, 5.74) is 0.476. The van der Waals surface area contributed by atoms with Crippen molar-refractivity contribution in [2.75, 3.05) is 6.26 Å². The van der Waals surface area contributed by atoms with Gasteiger partial charge in [-0.3, -0.25) is 4.79 Å². The van der Waals surface area contributed by atoms with Gasteiger partial charge in [0.05, 0.1) is 5.41 Å². The highest BCUT2D eigenvalue weighted by Crippen LogP contribution is 2.49. The number of thioether (sulfide) groups is 1. The molecule has 1 aromatic rings. The number of aliphatic carboxylic acids is 1. The number of aryl methyl sites for hydroxylation is 1. The lowest BCUT2D eigenvalue weighted by Crippen LogP contribution is -2.33. The molecule has 0 heterocycles. The summed E-state index contributed by atoms with van der Waals surface area (Å²) < 4.78 is 0. The summed E-state index contributed by atoms with van der Waals surface area (Å²) in [5.74, 6) is -0.651. The molecule has 1 aromatic carbocycles. The number of benzene rings is 1. The Bertz CT molecular complexity index is 476. The quantitative estimate of drug-likeness (QED) is 0.824. The molecule has 1 aliphatic rings. The molecule has 0 aromatic heterocycles. The average molecular weight is 266 g/mol. The Morgan fingerprint density at radius 2 is 1.94 bits per heavy atom. The molecule has 0 aliphatic heterocycles. The molecule has 98 valence electrons. The third-order valence-corrected chi connectivity index (χ3v) is 4.69. The predicted octanol–water partition coefficient (Wildman–Crippen LogP) is 3.32. The lowest BCUT2D eigenvalue weighted by atomic mass is 9.77. The molecule has 0 amide bonds. The predicted molar refractivity (Wildman–Crippen MR) is 72.4 cm³/mol. The van der Waals surface area contributed by atoms with E-state index in [2.05, 4.69) is 0 Å². The molecule has 3 nitrogen and oxygen atoms in total. The lowest BCUT2D eigenvalue weighted by molar-refractivity contribution is -0.143. The van der Waals surface area contributed by atoms with Gasteiger partial charge in [-0.2, -0.15) is 0 Å². The first kappa shape index (κ1) is 13.3. The van der Waals surface area contributed by atoms with E-state index < -0.39 is 11.4 Å². The third-order valence-electron chi connectivity index (χ3n) is 3.91. The molecular weight excluding hydrogens is 248 g/mol. The molecule has 1 aliphatic carbocycles. The Hall–Kier alpha value is -1.16. The van der Waals surface area contributed by atoms with Gasteiger partial charge >= 0.3 is 5.97 Å². The minimum absolute atomic E-state index is 0.158. The monoisotopic (exact) mass is 266 g/mol. The molecule has 0 spiro atoms. The zero-order chi connectivity index (χ0) is 13.3. The third kappa shape index (κ3) is 1.88. The van der Waals surface area contributed by atoms with E-state index in [4.69, 9.17) is 0 Å². The summed E-state index contributed by atoms with van der Waals surface area (Å²) in [4.78, 5) is 12.6. The second kappa shape index (κ2) is 4.84. The van der Waals surface area contributed by atoms with Gasteiger partial charge in [0, 0.05) is 10.5 Å². The highest BCUT2D eigenvalue weighted by Gasteiger charge is 2.46. The molecule has 2 N–H and O–H groups in total. The minimum Gasteiger partial charge on any atom is -0.507 e. The zero-order valence-electron chi connectivity index (χ0n) is 10.7. The van der Waals surface area contributed by atoms with Crippen LogP contribution in [0.25, 0.3) is 0 Å². The standard InChI is InChI=1S/C14H18O3S/c1-9-5-6-10(18-2)11(12(9)15)14(13(16)17)7-3-4-8-14/h5-6,15H,3-4,7-8H2,1-2H3,(H,16,17). The lowest BCUT2D eigenvalue weighted by Gasteiger charge is -2.28. The summed E-state index contributed by atoms with van der Waals surface area (Å²) in [6.07, 6.45) is 4.97. The van der Waals surface area contributed by atoms with Crippen LogP contribution in [0, 0.1) is 6.92 Å². The number of hydrogen-bond acceptors (Lipinski definition) is 3. The van der Waals surface area contributed by atoms with Gasteiger partial charge in [0.25, 0.3) is 0 Å². The second-order valence-electron chi connectivity index (χ2n) is 4.90. The van der Waals surface area contributed by atoms with Crippen molar-refractivity contribution in [2.24, 2.45) is 0 Å². The van der Waals surface area contributed by atoms with Crippen LogP contribution >= 0.6 is 11.8 Å². The average Bonchev–Trinajstić information content (AvgIpc) is 2.82. The number of carboxylic acid groups (broad SMARTS) is 1. The van der Waals surface area contributed by atoms with Crippen molar-refractivity contribution < 1.29 is 15.0 Å². The number of hydrogen-bond donors (Lipinski definition) is 2. The topological polar surface area (TPSA) is 57.5 Å². The van der Waals surface area contributed by atoms with Gasteiger partial charge in [-0.05, 0) is 37.7 Å². The van der Waals surface area contributed by atoms with Crippen molar-refractivity contribution in [3.8, 4) is 5.75 Å². The fourth-order valence-electron chi connectivity index (χ4n) is 2.86. The van der Waals surface area contributed by atoms with E-state index in [0.717, 1.165) is 23.3 Å². The number of phenols is 1. The molecule has 1 fully saturated rings. The molecule has 0 saturated heterocycles. The summed E-state index contributed by atoms with van der Waals surface area (Å²) in [5, 5.41) is 19.9. The van der Waals surface area contributed by atoms with Crippen molar-refractivity contribution >= 4 is 17.7 Å². The molecule has 0 radical (unpaired) electrons. The molecule has 1 saturated carbocycles. The molecule has 2 rings (SSSR count). The highest BCUT2D eigenvalue weighted by molar-refractivity contribution is 7.98. The Labute approximate surface area is 111 Å². The maximum absolute atomic E-state index is 11.7. The van der Waals surface area contributed by atoms with Crippen molar-refractivity contribution in [3.05, 3.63) is 23.3 Å². The number of carboxylic acids is 1. The van der Waals surface area contributed by atoms with Crippen LogP contribution in [-0.4, -0.2) is 22.4 Å². The fraction of sp³-hybridized carbons (Fsp3) is 0.500. The van der Waals surface area contributed by atoms with Crippen LogP contribution in [0.4, 0.5) is 0 Å². The van der Waals surface area contributed by atoms with Crippen LogP contribution in [0.15, 0.2) is 17.0 Å². The van der Waals surface area contributed by atoms with Gasteiger partial charge in [0.1, 0.15) is 5.75 Å². The molecule has 0 atom stereocenters. The van der Waals surface area contributed by atoms with Gasteiger partial charge in [-0.15, -0.1) is 11.8 Å². The molecule has 0 bridgehead atoms. The van der Waals surface area contributed by atoms with Crippen LogP contribution in [-0.2, 0) is 10.2 Å². The van der Waals surface area contributed by atoms with E-state index in [0.29, 0.717) is 18.4 Å². The van der Waals surface area contributed by atoms with Crippen molar-refractivity contribution in [1.82, 2.24) is 0 Å². The normalized spacial score (nSPS) is 17.9. The molecule has 18 heavy (non-hydrogen) atoms. The van der Waals surface area contributed by atoms with Gasteiger partial charge < -0.3 is 10.2 Å². The molecular formula is C14H18O3S. The van der Waals surface area contributed by atoms with E-state index in [-0.39, 0.29) is 5.75 Å². The zero-order valence-corrected chi connectivity index (χ0v) is 11.5. The maximum Gasteiger partial charge on any atom is 0.314 e. The number of rotatable bonds is 3. The van der Waals surface area contributed by atoms with Crippen LogP contribution in [0.2, 0.25) is 0 Å². The van der Waals surface area contributed by atoms with Crippen molar-refractivity contribution in [2.45, 2.75) is 42.9 Å². The highest BCUT2D eigenvalue weighted by atomic mass is 32.2. The maximum atomic E-state index is 11.7. The Balaban J connectivity index is 2.67. The molecule has 4 heteroatoms. The largest absolute Gasteiger partial charge is 0.507 e. The minimum atomic E-state index is -0.894. The Morgan fingerprint density at radius 3 is 2.44 bits per heavy atom. The fourth-order valence-corrected chi connectivity index (χ4v) is 3.56. The van der Waals surface area contributed by atoms with Crippen molar-refractivity contribution in [1.29, 1.82) is 0 Å². The van der Waals surface area contributed by atoms with Gasteiger partial charge in [-0.1, -0.05) is 18.9 Å². The van der Waals surface area contributed by atoms with E-state index in [1.807, 2.05) is 25.3 Å². The first-order valence-electron chi connectivity index (χ1n) is 6.13. The van der Waals surface area contributed by atoms with E-state index in [1.165, 1.54) is 11.8 Å². The van der Waals surface area contributed by atoms with Crippen molar-refractivity contribution in [3.63, 3.8) is 0 Å². The summed E-state index contributed by atoms with van der Waals surface area (Å²) >= 11 is 1.50. The van der Waals surface area contributed by atoms with Crippen LogP contribution in [0.5, 0.6) is 5.75 Å². The Morgan fingerprint density at radius 1 is 1.33 bits per heavy atom. The van der Waals surface area contributed by atoms with E-state index in [9.17, 15) is 15.0 Å². The number of carbonyl (C=O) groups is 1. The second-order valence-corrected chi connectivity index (χ2v) is 5.75. The SMILES string of the molecule is CSc1ccc(C)c(O)c1C1(C(=O)O)CCCC1. The first-order chi connectivity index (χ1) is 8.53. The van der Waals surface area contributed by atoms with Crippen LogP contribution in [0.3, 0.4) is 0 Å². The first-order valence-corrected chi connectivity index (χ1v) is 7.36. The summed E-state index contributed by atoms with van der Waals surface area (Å²) in [6, 6.07) is 3.76. The smallest absolute Gasteiger partial charge is 0.314 e. The van der Waals surface area contributed by atoms with Crippen LogP contribution in [0.1, 0.15) is 36.8 Å². The number of phenolic OH excluding ortho intramolecular Hbond substituents is 1. The molecule has 0 unspecified atom stereocenters. The van der Waals surface area contributed by atoms with E-state index in [1.54, 1.807) is 0 Å². The van der Waals surface area contributed by atoms with Gasteiger partial charge in [0.15, 0.2) is 0 Å². The Kier molecular flexibility index (Phi) is 3.57. The van der Waals surface area contributed by atoms with E-state index >= 15 is 0 Å². The summed E-state index contributed by atoms with van der Waals surface area (Å²) in [7, 11) is 0. The summed E-state index contributed by atoms with van der Waals surface area (Å²) in [6.45, 7) is 1.81. The van der Waals surface area contributed by atoms with Gasteiger partial charge in [-0.25, -0.2) is 0 Å². The number of aromatic hydroxyl groups is 1. The van der Waals surface area contributed by atoms with Gasteiger partial charge in [0.2, 0.25) is 0 Å². The van der Waals surface area contributed by atoms with Crippen LogP contribution < -0.4 is 0 Å².